The molecule has 2 fully saturated rings. The summed E-state index contributed by atoms with van der Waals surface area (Å²) in [5.41, 5.74) is 6.73. The fraction of sp³-hybridized carbons (Fsp3) is 0.516. The maximum Gasteiger partial charge on any atom is 0.160 e. The molecule has 1 saturated carbocycles. The van der Waals surface area contributed by atoms with Gasteiger partial charge in [-0.05, 0) is 88.0 Å². The first kappa shape index (κ1) is 26.4. The summed E-state index contributed by atoms with van der Waals surface area (Å²) in [6, 6.07) is 11.0. The van der Waals surface area contributed by atoms with E-state index in [9.17, 15) is 5.11 Å². The number of aliphatic imine (C=N–C) groups is 1. The molecule has 2 N–H and O–H groups in total. The lowest BCUT2D eigenvalue weighted by molar-refractivity contribution is 0.126. The van der Waals surface area contributed by atoms with Crippen LogP contribution in [0.4, 0.5) is 17.3 Å². The SMILES string of the molecule is C=C(C)C(=Nc1cc(C)ccc1CCCC)c1cc2nc(N3CCCC3)cc(NC3CCC(O)CC3)n2n1. The largest absolute Gasteiger partial charge is 0.393 e. The monoisotopic (exact) mass is 514 g/mol. The standard InChI is InChI=1S/C31H42N6O/c1-5-6-9-23-11-10-22(4)18-26(23)33-31(21(2)3)27-19-29-34-28(36-16-7-8-17-36)20-30(37(29)35-27)32-24-12-14-25(38)15-13-24/h10-11,18-20,24-25,32,38H,2,5-9,12-17H2,1,3-4H3. The molecule has 3 aromatic rings. The predicted octanol–water partition coefficient (Wildman–Crippen LogP) is 6.39. The number of aliphatic hydroxyl groups excluding tert-OH is 1. The molecule has 7 nitrogen and oxygen atoms in total. The number of benzene rings is 1. The van der Waals surface area contributed by atoms with Crippen LogP contribution >= 0.6 is 0 Å². The Kier molecular flexibility index (Phi) is 8.12. The van der Waals surface area contributed by atoms with E-state index in [0.717, 1.165) is 98.0 Å². The number of aromatic nitrogens is 3. The zero-order valence-electron chi connectivity index (χ0n) is 23.2. The topological polar surface area (TPSA) is 78.0 Å². The summed E-state index contributed by atoms with van der Waals surface area (Å²) in [5, 5.41) is 18.8. The number of nitrogens with zero attached hydrogens (tertiary/aromatic N) is 5. The van der Waals surface area contributed by atoms with E-state index >= 15 is 0 Å². The molecule has 5 rings (SSSR count). The van der Waals surface area contributed by atoms with Gasteiger partial charge in [-0.1, -0.05) is 32.1 Å². The summed E-state index contributed by atoms with van der Waals surface area (Å²) < 4.78 is 1.92. The number of aliphatic hydroxyl groups is 1. The Morgan fingerprint density at radius 1 is 1.13 bits per heavy atom. The van der Waals surface area contributed by atoms with Gasteiger partial charge in [0.2, 0.25) is 0 Å². The second-order valence-corrected chi connectivity index (χ2v) is 11.1. The number of anilines is 2. The Morgan fingerprint density at radius 3 is 2.61 bits per heavy atom. The Balaban J connectivity index is 1.56. The molecule has 2 aromatic heterocycles. The highest BCUT2D eigenvalue weighted by Crippen LogP contribution is 2.29. The van der Waals surface area contributed by atoms with Gasteiger partial charge in [0.05, 0.1) is 17.5 Å². The summed E-state index contributed by atoms with van der Waals surface area (Å²) in [5.74, 6) is 1.94. The van der Waals surface area contributed by atoms with E-state index in [2.05, 4.69) is 54.9 Å². The van der Waals surface area contributed by atoms with Crippen LogP contribution in [0.15, 0.2) is 47.5 Å². The Bertz CT molecular complexity index is 1310. The van der Waals surface area contributed by atoms with Crippen LogP contribution in [0.2, 0.25) is 0 Å². The third kappa shape index (κ3) is 5.93. The number of allylic oxidation sites excluding steroid dienone is 1. The summed E-state index contributed by atoms with van der Waals surface area (Å²) in [4.78, 5) is 12.5. The molecule has 3 heterocycles. The van der Waals surface area contributed by atoms with E-state index in [1.165, 1.54) is 24.0 Å². The van der Waals surface area contributed by atoms with Crippen molar-refractivity contribution in [1.82, 2.24) is 14.6 Å². The highest BCUT2D eigenvalue weighted by molar-refractivity contribution is 6.12. The van der Waals surface area contributed by atoms with Gasteiger partial charge in [0.25, 0.3) is 0 Å². The van der Waals surface area contributed by atoms with Gasteiger partial charge in [0, 0.05) is 31.3 Å². The predicted molar refractivity (Wildman–Crippen MR) is 157 cm³/mol. The van der Waals surface area contributed by atoms with Gasteiger partial charge < -0.3 is 15.3 Å². The zero-order chi connectivity index (χ0) is 26.6. The van der Waals surface area contributed by atoms with Gasteiger partial charge in [-0.15, -0.1) is 0 Å². The quantitative estimate of drug-likeness (QED) is 0.323. The van der Waals surface area contributed by atoms with Crippen molar-refractivity contribution < 1.29 is 5.11 Å². The first-order valence-electron chi connectivity index (χ1n) is 14.4. The highest BCUT2D eigenvalue weighted by atomic mass is 16.3. The first-order chi connectivity index (χ1) is 18.4. The maximum absolute atomic E-state index is 9.99. The van der Waals surface area contributed by atoms with Crippen molar-refractivity contribution >= 4 is 28.7 Å². The number of nitrogens with one attached hydrogen (secondary N) is 1. The number of aryl methyl sites for hydroxylation is 2. The Morgan fingerprint density at radius 2 is 1.89 bits per heavy atom. The van der Waals surface area contributed by atoms with Crippen molar-refractivity contribution in [3.05, 3.63) is 59.3 Å². The minimum Gasteiger partial charge on any atom is -0.393 e. The minimum atomic E-state index is -0.180. The van der Waals surface area contributed by atoms with E-state index in [1.807, 2.05) is 17.5 Å². The molecule has 0 radical (unpaired) electrons. The fourth-order valence-corrected chi connectivity index (χ4v) is 5.57. The molecule has 0 atom stereocenters. The van der Waals surface area contributed by atoms with Crippen LogP contribution in [0.3, 0.4) is 0 Å². The second kappa shape index (κ2) is 11.7. The summed E-state index contributed by atoms with van der Waals surface area (Å²) >= 11 is 0. The molecule has 1 aliphatic carbocycles. The van der Waals surface area contributed by atoms with Crippen molar-refractivity contribution in [2.45, 2.75) is 90.7 Å². The van der Waals surface area contributed by atoms with Gasteiger partial charge >= 0.3 is 0 Å². The molecular formula is C31H42N6O. The van der Waals surface area contributed by atoms with Gasteiger partial charge in [-0.25, -0.2) is 9.98 Å². The average molecular weight is 515 g/mol. The van der Waals surface area contributed by atoms with Crippen LogP contribution in [0.1, 0.15) is 82.0 Å². The van der Waals surface area contributed by atoms with E-state index in [0.29, 0.717) is 6.04 Å². The lowest BCUT2D eigenvalue weighted by Crippen LogP contribution is -2.29. The van der Waals surface area contributed by atoms with E-state index in [1.54, 1.807) is 0 Å². The smallest absolute Gasteiger partial charge is 0.160 e. The van der Waals surface area contributed by atoms with Crippen LogP contribution < -0.4 is 10.2 Å². The number of hydrogen-bond acceptors (Lipinski definition) is 6. The van der Waals surface area contributed by atoms with Crippen molar-refractivity contribution in [2.75, 3.05) is 23.3 Å². The molecule has 0 spiro atoms. The van der Waals surface area contributed by atoms with Gasteiger partial charge in [-0.2, -0.15) is 9.61 Å². The molecule has 0 unspecified atom stereocenters. The van der Waals surface area contributed by atoms with Crippen LogP contribution in [0.5, 0.6) is 0 Å². The highest BCUT2D eigenvalue weighted by Gasteiger charge is 2.23. The van der Waals surface area contributed by atoms with Crippen molar-refractivity contribution in [1.29, 1.82) is 0 Å². The van der Waals surface area contributed by atoms with Gasteiger partial charge in [-0.3, -0.25) is 0 Å². The van der Waals surface area contributed by atoms with Crippen LogP contribution in [-0.4, -0.2) is 50.7 Å². The van der Waals surface area contributed by atoms with Crippen LogP contribution in [0.25, 0.3) is 5.65 Å². The van der Waals surface area contributed by atoms with Crippen LogP contribution in [-0.2, 0) is 6.42 Å². The number of unbranched alkanes of at least 4 members (excludes halogenated alkanes) is 1. The van der Waals surface area contributed by atoms with Gasteiger partial charge in [0.15, 0.2) is 5.65 Å². The van der Waals surface area contributed by atoms with Crippen molar-refractivity contribution in [3.8, 4) is 0 Å². The third-order valence-electron chi connectivity index (χ3n) is 7.81. The molecule has 1 aromatic carbocycles. The third-order valence-corrected chi connectivity index (χ3v) is 7.81. The fourth-order valence-electron chi connectivity index (χ4n) is 5.57. The zero-order valence-corrected chi connectivity index (χ0v) is 23.2. The molecule has 7 heteroatoms. The maximum atomic E-state index is 9.99. The Labute approximate surface area is 226 Å². The summed E-state index contributed by atoms with van der Waals surface area (Å²) in [7, 11) is 0. The molecule has 202 valence electrons. The first-order valence-corrected chi connectivity index (χ1v) is 14.4. The number of fused-ring (bicyclic) bond motifs is 1. The second-order valence-electron chi connectivity index (χ2n) is 11.1. The number of rotatable bonds is 9. The molecule has 1 saturated heterocycles. The lowest BCUT2D eigenvalue weighted by atomic mass is 9.93. The minimum absolute atomic E-state index is 0.180. The molecule has 38 heavy (non-hydrogen) atoms. The molecule has 2 aliphatic rings. The Hall–Kier alpha value is -3.19. The number of hydrogen-bond donors (Lipinski definition) is 2. The molecule has 1 aliphatic heterocycles. The molecular weight excluding hydrogens is 472 g/mol. The van der Waals surface area contributed by atoms with E-state index < -0.39 is 0 Å². The van der Waals surface area contributed by atoms with E-state index in [4.69, 9.17) is 15.1 Å². The lowest BCUT2D eigenvalue weighted by Gasteiger charge is -2.27. The molecule has 0 amide bonds. The summed E-state index contributed by atoms with van der Waals surface area (Å²) in [6.45, 7) is 12.7. The average Bonchev–Trinajstić information content (AvgIpc) is 3.58. The van der Waals surface area contributed by atoms with Crippen molar-refractivity contribution in [2.24, 2.45) is 4.99 Å². The normalized spacial score (nSPS) is 20.3. The van der Waals surface area contributed by atoms with Gasteiger partial charge in [0.1, 0.15) is 17.3 Å². The van der Waals surface area contributed by atoms with Crippen molar-refractivity contribution in [3.63, 3.8) is 0 Å². The molecule has 0 bridgehead atoms. The van der Waals surface area contributed by atoms with E-state index in [-0.39, 0.29) is 6.10 Å². The summed E-state index contributed by atoms with van der Waals surface area (Å²) in [6.07, 6.45) is 9.08. The van der Waals surface area contributed by atoms with Crippen LogP contribution in [0, 0.1) is 6.92 Å².